The van der Waals surface area contributed by atoms with E-state index in [0.29, 0.717) is 12.5 Å². The fraction of sp³-hybridized carbons (Fsp3) is 0.650. The van der Waals surface area contributed by atoms with E-state index in [9.17, 15) is 4.79 Å². The summed E-state index contributed by atoms with van der Waals surface area (Å²) in [6.07, 6.45) is 8.55. The quantitative estimate of drug-likeness (QED) is 0.226. The van der Waals surface area contributed by atoms with E-state index in [1.807, 2.05) is 13.8 Å². The van der Waals surface area contributed by atoms with Crippen LogP contribution in [-0.2, 0) is 9.53 Å². The summed E-state index contributed by atoms with van der Waals surface area (Å²) >= 11 is 0. The Bertz CT molecular complexity index is 439. The Morgan fingerprint density at radius 1 is 1.14 bits per heavy atom. The first-order valence-electron chi connectivity index (χ1n) is 8.49. The zero-order chi connectivity index (χ0) is 17.1. The van der Waals surface area contributed by atoms with Gasteiger partial charge < -0.3 is 4.74 Å². The largest absolute Gasteiger partial charge is 0.463 e. The van der Waals surface area contributed by atoms with E-state index in [-0.39, 0.29) is 5.97 Å². The van der Waals surface area contributed by atoms with Gasteiger partial charge in [0.05, 0.1) is 6.61 Å². The van der Waals surface area contributed by atoms with Crippen molar-refractivity contribution in [3.05, 3.63) is 34.4 Å². The minimum atomic E-state index is -0.250. The average molecular weight is 306 g/mol. The third-order valence-corrected chi connectivity index (χ3v) is 4.22. The highest BCUT2D eigenvalue weighted by molar-refractivity contribution is 5.83. The molecule has 0 aliphatic carbocycles. The molecule has 1 unspecified atom stereocenters. The van der Waals surface area contributed by atoms with E-state index >= 15 is 0 Å². The summed E-state index contributed by atoms with van der Waals surface area (Å²) in [6.45, 7) is 15.2. The molecule has 0 fully saturated rings. The average Bonchev–Trinajstić information content (AvgIpc) is 2.46. The number of hydrogen-bond acceptors (Lipinski definition) is 2. The minimum absolute atomic E-state index is 0.250. The van der Waals surface area contributed by atoms with Gasteiger partial charge in [-0.1, -0.05) is 31.1 Å². The van der Waals surface area contributed by atoms with Crippen LogP contribution >= 0.6 is 0 Å². The SMILES string of the molecule is CCOC(=O)/C=C(C)/C(C)=C(\C)CC(C)CC/C=C(\C)CC. The zero-order valence-corrected chi connectivity index (χ0v) is 15.6. The first-order valence-corrected chi connectivity index (χ1v) is 8.49. The third kappa shape index (κ3) is 8.86. The summed E-state index contributed by atoms with van der Waals surface area (Å²) in [5.41, 5.74) is 5.05. The zero-order valence-electron chi connectivity index (χ0n) is 15.6. The molecule has 0 rings (SSSR count). The van der Waals surface area contributed by atoms with Crippen molar-refractivity contribution in [2.75, 3.05) is 6.61 Å². The molecule has 0 aromatic carbocycles. The van der Waals surface area contributed by atoms with Crippen LogP contribution in [0.4, 0.5) is 0 Å². The van der Waals surface area contributed by atoms with E-state index in [1.165, 1.54) is 23.1 Å². The molecule has 0 aromatic heterocycles. The van der Waals surface area contributed by atoms with E-state index in [1.54, 1.807) is 6.08 Å². The first-order chi connectivity index (χ1) is 10.3. The number of carbonyl (C=O) groups is 1. The lowest BCUT2D eigenvalue weighted by Gasteiger charge is -2.14. The van der Waals surface area contributed by atoms with Crippen molar-refractivity contribution in [1.29, 1.82) is 0 Å². The summed E-state index contributed by atoms with van der Waals surface area (Å²) in [5, 5.41) is 0. The monoisotopic (exact) mass is 306 g/mol. The molecule has 126 valence electrons. The van der Waals surface area contributed by atoms with Gasteiger partial charge in [-0.05, 0) is 77.4 Å². The number of hydrogen-bond donors (Lipinski definition) is 0. The molecule has 0 amide bonds. The number of ether oxygens (including phenoxy) is 1. The molecule has 0 spiro atoms. The predicted molar refractivity (Wildman–Crippen MR) is 95.8 cm³/mol. The van der Waals surface area contributed by atoms with Crippen molar-refractivity contribution in [2.24, 2.45) is 5.92 Å². The Kier molecular flexibility index (Phi) is 10.6. The molecule has 0 radical (unpaired) electrons. The van der Waals surface area contributed by atoms with E-state index in [0.717, 1.165) is 24.8 Å². The maximum absolute atomic E-state index is 11.5. The van der Waals surface area contributed by atoms with Crippen LogP contribution in [0.25, 0.3) is 0 Å². The van der Waals surface area contributed by atoms with Crippen LogP contribution in [0.3, 0.4) is 0 Å². The highest BCUT2D eigenvalue weighted by Gasteiger charge is 2.07. The molecule has 0 N–H and O–H groups in total. The van der Waals surface area contributed by atoms with Crippen molar-refractivity contribution in [2.45, 2.75) is 74.1 Å². The molecule has 2 nitrogen and oxygen atoms in total. The lowest BCUT2D eigenvalue weighted by molar-refractivity contribution is -0.137. The summed E-state index contributed by atoms with van der Waals surface area (Å²) in [4.78, 5) is 11.5. The van der Waals surface area contributed by atoms with Gasteiger partial charge in [-0.15, -0.1) is 0 Å². The lowest BCUT2D eigenvalue weighted by Crippen LogP contribution is -2.02. The minimum Gasteiger partial charge on any atom is -0.463 e. The Balaban J connectivity index is 4.59. The van der Waals surface area contributed by atoms with Crippen LogP contribution in [0.1, 0.15) is 74.1 Å². The van der Waals surface area contributed by atoms with Crippen LogP contribution < -0.4 is 0 Å². The second-order valence-electron chi connectivity index (χ2n) is 6.28. The molecule has 0 aliphatic rings. The molecular formula is C20H34O2. The van der Waals surface area contributed by atoms with Gasteiger partial charge in [-0.2, -0.15) is 0 Å². The lowest BCUT2D eigenvalue weighted by atomic mass is 9.92. The van der Waals surface area contributed by atoms with E-state index < -0.39 is 0 Å². The van der Waals surface area contributed by atoms with Gasteiger partial charge in [0.15, 0.2) is 0 Å². The van der Waals surface area contributed by atoms with Gasteiger partial charge in [-0.3, -0.25) is 0 Å². The van der Waals surface area contributed by atoms with Crippen LogP contribution in [-0.4, -0.2) is 12.6 Å². The summed E-state index contributed by atoms with van der Waals surface area (Å²) in [5.74, 6) is 0.409. The van der Waals surface area contributed by atoms with Crippen molar-refractivity contribution in [3.8, 4) is 0 Å². The Morgan fingerprint density at radius 2 is 1.77 bits per heavy atom. The van der Waals surface area contributed by atoms with Gasteiger partial charge >= 0.3 is 5.97 Å². The van der Waals surface area contributed by atoms with Gasteiger partial charge in [0.25, 0.3) is 0 Å². The van der Waals surface area contributed by atoms with Crippen LogP contribution in [0.15, 0.2) is 34.4 Å². The van der Waals surface area contributed by atoms with Crippen molar-refractivity contribution < 1.29 is 9.53 Å². The summed E-state index contributed by atoms with van der Waals surface area (Å²) < 4.78 is 4.97. The Hall–Kier alpha value is -1.31. The van der Waals surface area contributed by atoms with Crippen LogP contribution in [0.2, 0.25) is 0 Å². The standard InChI is InChI=1S/C20H34O2/c1-8-15(3)11-10-12-16(4)13-17(5)19(7)18(6)14-20(21)22-9-2/h11,14,16H,8-10,12-13H2,1-7H3/b15-11+,18-14+,19-17+. The number of carbonyl (C=O) groups excluding carboxylic acids is 1. The van der Waals surface area contributed by atoms with Crippen LogP contribution in [0, 0.1) is 5.92 Å². The molecule has 0 saturated carbocycles. The third-order valence-electron chi connectivity index (χ3n) is 4.22. The van der Waals surface area contributed by atoms with E-state index in [2.05, 4.69) is 40.7 Å². The topological polar surface area (TPSA) is 26.3 Å². The second-order valence-corrected chi connectivity index (χ2v) is 6.28. The molecule has 0 aliphatic heterocycles. The van der Waals surface area contributed by atoms with E-state index in [4.69, 9.17) is 4.74 Å². The highest BCUT2D eigenvalue weighted by atomic mass is 16.5. The molecule has 0 aromatic rings. The fourth-order valence-electron chi connectivity index (χ4n) is 2.34. The van der Waals surface area contributed by atoms with Gasteiger partial charge in [-0.25, -0.2) is 4.79 Å². The molecule has 0 bridgehead atoms. The molecular weight excluding hydrogens is 272 g/mol. The second kappa shape index (κ2) is 11.3. The highest BCUT2D eigenvalue weighted by Crippen LogP contribution is 2.23. The molecule has 0 heterocycles. The summed E-state index contributed by atoms with van der Waals surface area (Å²) in [6, 6.07) is 0. The predicted octanol–water partition coefficient (Wildman–Crippen LogP) is 5.99. The smallest absolute Gasteiger partial charge is 0.331 e. The Labute approximate surface area is 137 Å². The molecule has 22 heavy (non-hydrogen) atoms. The number of allylic oxidation sites excluding steroid dienone is 5. The van der Waals surface area contributed by atoms with Crippen LogP contribution in [0.5, 0.6) is 0 Å². The first kappa shape index (κ1) is 20.7. The summed E-state index contributed by atoms with van der Waals surface area (Å²) in [7, 11) is 0. The van der Waals surface area contributed by atoms with Crippen molar-refractivity contribution in [1.82, 2.24) is 0 Å². The van der Waals surface area contributed by atoms with Crippen molar-refractivity contribution in [3.63, 3.8) is 0 Å². The van der Waals surface area contributed by atoms with Crippen molar-refractivity contribution >= 4 is 5.97 Å². The molecule has 2 heteroatoms. The Morgan fingerprint density at radius 3 is 2.32 bits per heavy atom. The number of esters is 1. The molecule has 0 saturated heterocycles. The van der Waals surface area contributed by atoms with Gasteiger partial charge in [0, 0.05) is 6.08 Å². The number of rotatable bonds is 9. The maximum Gasteiger partial charge on any atom is 0.331 e. The fourth-order valence-corrected chi connectivity index (χ4v) is 2.34. The van der Waals surface area contributed by atoms with Gasteiger partial charge in [0.1, 0.15) is 0 Å². The maximum atomic E-state index is 11.5. The normalized spacial score (nSPS) is 15.4. The molecule has 1 atom stereocenters. The van der Waals surface area contributed by atoms with Gasteiger partial charge in [0.2, 0.25) is 0 Å².